The van der Waals surface area contributed by atoms with Gasteiger partial charge in [-0.05, 0) is 41.3 Å². The van der Waals surface area contributed by atoms with Gasteiger partial charge in [0.25, 0.3) is 5.91 Å². The van der Waals surface area contributed by atoms with Gasteiger partial charge in [-0.2, -0.15) is 0 Å². The molecular weight excluding hydrogens is 312 g/mol. The predicted octanol–water partition coefficient (Wildman–Crippen LogP) is 4.16. The van der Waals surface area contributed by atoms with Crippen molar-refractivity contribution in [1.82, 2.24) is 4.90 Å². The van der Waals surface area contributed by atoms with E-state index in [1.165, 1.54) is 11.0 Å². The first-order valence-corrected chi connectivity index (χ1v) is 8.28. The first-order chi connectivity index (χ1) is 11.9. The minimum Gasteiger partial charge on any atom is -0.345 e. The lowest BCUT2D eigenvalue weighted by Gasteiger charge is -2.12. The average molecular weight is 336 g/mol. The van der Waals surface area contributed by atoms with Crippen LogP contribution in [0.1, 0.15) is 41.3 Å². The van der Waals surface area contributed by atoms with Crippen LogP contribution >= 0.6 is 0 Å². The molecule has 130 valence electrons. The molecule has 0 aromatic heterocycles. The Balaban J connectivity index is 2.05. The third-order valence-corrected chi connectivity index (χ3v) is 3.83. The van der Waals surface area contributed by atoms with Gasteiger partial charge >= 0.3 is 0 Å². The number of benzene rings is 2. The van der Waals surface area contributed by atoms with Crippen LogP contribution in [0, 0.1) is 0 Å². The van der Waals surface area contributed by atoms with E-state index >= 15 is 0 Å². The minimum absolute atomic E-state index is 0.0430. The molecule has 0 unspecified atom stereocenters. The number of rotatable bonds is 5. The van der Waals surface area contributed by atoms with Crippen molar-refractivity contribution in [2.45, 2.75) is 19.8 Å². The maximum absolute atomic E-state index is 12.2. The van der Waals surface area contributed by atoms with Gasteiger partial charge in [-0.25, -0.2) is 0 Å². The Morgan fingerprint density at radius 2 is 1.64 bits per heavy atom. The lowest BCUT2D eigenvalue weighted by Crippen LogP contribution is -2.21. The maximum atomic E-state index is 12.2. The summed E-state index contributed by atoms with van der Waals surface area (Å²) in [5.41, 5.74) is 3.43. The zero-order chi connectivity index (χ0) is 18.4. The van der Waals surface area contributed by atoms with Gasteiger partial charge in [0.15, 0.2) is 0 Å². The molecule has 0 saturated heterocycles. The molecule has 0 aliphatic heterocycles. The molecule has 2 aromatic carbocycles. The number of carbonyl (C=O) groups is 2. The third-order valence-electron chi connectivity index (χ3n) is 3.83. The van der Waals surface area contributed by atoms with Gasteiger partial charge in [0.2, 0.25) is 5.91 Å². The summed E-state index contributed by atoms with van der Waals surface area (Å²) >= 11 is 0. The molecule has 2 amide bonds. The van der Waals surface area contributed by atoms with Crippen LogP contribution in [0.15, 0.2) is 54.6 Å². The van der Waals surface area contributed by atoms with Gasteiger partial charge in [-0.1, -0.05) is 44.2 Å². The largest absolute Gasteiger partial charge is 0.345 e. The van der Waals surface area contributed by atoms with Crippen molar-refractivity contribution in [2.75, 3.05) is 19.4 Å². The van der Waals surface area contributed by atoms with Gasteiger partial charge < -0.3 is 10.2 Å². The first-order valence-electron chi connectivity index (χ1n) is 8.28. The highest BCUT2D eigenvalue weighted by Gasteiger charge is 2.08. The normalized spacial score (nSPS) is 10.9. The maximum Gasteiger partial charge on any atom is 0.253 e. The van der Waals surface area contributed by atoms with Crippen molar-refractivity contribution in [2.24, 2.45) is 0 Å². The van der Waals surface area contributed by atoms with Crippen molar-refractivity contribution in [3.05, 3.63) is 71.3 Å². The second-order valence-corrected chi connectivity index (χ2v) is 6.39. The molecule has 2 aromatic rings. The first kappa shape index (κ1) is 18.5. The summed E-state index contributed by atoms with van der Waals surface area (Å²) in [5, 5.41) is 2.92. The molecule has 0 aliphatic rings. The van der Waals surface area contributed by atoms with Gasteiger partial charge in [-0.3, -0.25) is 9.59 Å². The Labute approximate surface area is 149 Å². The summed E-state index contributed by atoms with van der Waals surface area (Å²) in [6.07, 6.45) is 3.23. The molecular formula is C21H24N2O2. The molecule has 0 fully saturated rings. The van der Waals surface area contributed by atoms with Crippen molar-refractivity contribution < 1.29 is 9.59 Å². The van der Waals surface area contributed by atoms with Gasteiger partial charge in [-0.15, -0.1) is 0 Å². The van der Waals surface area contributed by atoms with Crippen molar-refractivity contribution in [1.29, 1.82) is 0 Å². The van der Waals surface area contributed by atoms with Crippen LogP contribution in [0.4, 0.5) is 5.69 Å². The Bertz CT molecular complexity index is 775. The number of nitrogens with zero attached hydrogens (tertiary/aromatic N) is 1. The zero-order valence-corrected chi connectivity index (χ0v) is 15.1. The molecule has 2 rings (SSSR count). The van der Waals surface area contributed by atoms with Crippen LogP contribution in [-0.4, -0.2) is 30.8 Å². The number of anilines is 1. The Kier molecular flexibility index (Phi) is 6.12. The molecule has 0 spiro atoms. The number of hydrogen-bond donors (Lipinski definition) is 1. The lowest BCUT2D eigenvalue weighted by molar-refractivity contribution is -0.111. The number of para-hydroxylation sites is 1. The molecule has 0 heterocycles. The van der Waals surface area contributed by atoms with Gasteiger partial charge in [0.05, 0.1) is 0 Å². The Hall–Kier alpha value is -2.88. The summed E-state index contributed by atoms with van der Waals surface area (Å²) in [6, 6.07) is 15.0. The van der Waals surface area contributed by atoms with E-state index < -0.39 is 0 Å². The molecule has 4 heteroatoms. The summed E-state index contributed by atoms with van der Waals surface area (Å²) in [7, 11) is 3.44. The van der Waals surface area contributed by atoms with E-state index in [0.717, 1.165) is 16.8 Å². The molecule has 25 heavy (non-hydrogen) atoms. The van der Waals surface area contributed by atoms with E-state index in [9.17, 15) is 9.59 Å². The highest BCUT2D eigenvalue weighted by Crippen LogP contribution is 2.23. The third kappa shape index (κ3) is 5.05. The molecule has 0 bridgehead atoms. The molecule has 0 aliphatic carbocycles. The van der Waals surface area contributed by atoms with E-state index in [2.05, 4.69) is 19.2 Å². The van der Waals surface area contributed by atoms with Crippen molar-refractivity contribution in [3.8, 4) is 0 Å². The zero-order valence-electron chi connectivity index (χ0n) is 15.1. The summed E-state index contributed by atoms with van der Waals surface area (Å²) in [5.74, 6) is 0.113. The standard InChI is InChI=1S/C21H24N2O2/c1-15(2)18-7-5-6-8-19(18)22-20(24)14-11-16-9-12-17(13-10-16)21(25)23(3)4/h5-15H,1-4H3,(H,22,24)/b14-11+. The average Bonchev–Trinajstić information content (AvgIpc) is 2.60. The summed E-state index contributed by atoms with van der Waals surface area (Å²) in [4.78, 5) is 25.6. The van der Waals surface area contributed by atoms with E-state index in [-0.39, 0.29) is 11.8 Å². The fraction of sp³-hybridized carbons (Fsp3) is 0.238. The second-order valence-electron chi connectivity index (χ2n) is 6.39. The fourth-order valence-corrected chi connectivity index (χ4v) is 2.46. The van der Waals surface area contributed by atoms with Crippen LogP contribution < -0.4 is 5.32 Å². The monoisotopic (exact) mass is 336 g/mol. The highest BCUT2D eigenvalue weighted by atomic mass is 16.2. The number of hydrogen-bond acceptors (Lipinski definition) is 2. The Morgan fingerprint density at radius 1 is 1.00 bits per heavy atom. The fourth-order valence-electron chi connectivity index (χ4n) is 2.46. The van der Waals surface area contributed by atoms with E-state index in [1.54, 1.807) is 32.3 Å². The highest BCUT2D eigenvalue weighted by molar-refractivity contribution is 6.02. The number of carbonyl (C=O) groups excluding carboxylic acids is 2. The lowest BCUT2D eigenvalue weighted by atomic mass is 10.0. The number of nitrogens with one attached hydrogen (secondary N) is 1. The SMILES string of the molecule is CC(C)c1ccccc1NC(=O)/C=C/c1ccc(C(=O)N(C)C)cc1. The van der Waals surface area contributed by atoms with Crippen molar-refractivity contribution >= 4 is 23.6 Å². The molecule has 1 N–H and O–H groups in total. The molecule has 4 nitrogen and oxygen atoms in total. The number of amides is 2. The predicted molar refractivity (Wildman–Crippen MR) is 103 cm³/mol. The van der Waals surface area contributed by atoms with Crippen LogP contribution in [0.5, 0.6) is 0 Å². The smallest absolute Gasteiger partial charge is 0.253 e. The molecule has 0 radical (unpaired) electrons. The van der Waals surface area contributed by atoms with Crippen LogP contribution in [0.25, 0.3) is 6.08 Å². The van der Waals surface area contributed by atoms with Crippen LogP contribution in [0.2, 0.25) is 0 Å². The summed E-state index contributed by atoms with van der Waals surface area (Å²) < 4.78 is 0. The van der Waals surface area contributed by atoms with E-state index in [0.29, 0.717) is 11.5 Å². The van der Waals surface area contributed by atoms with Crippen LogP contribution in [0.3, 0.4) is 0 Å². The van der Waals surface area contributed by atoms with Gasteiger partial charge in [0.1, 0.15) is 0 Å². The van der Waals surface area contributed by atoms with E-state index in [1.807, 2.05) is 36.4 Å². The topological polar surface area (TPSA) is 49.4 Å². The van der Waals surface area contributed by atoms with Crippen LogP contribution in [-0.2, 0) is 4.79 Å². The minimum atomic E-state index is -0.179. The van der Waals surface area contributed by atoms with E-state index in [4.69, 9.17) is 0 Å². The molecule has 0 saturated carbocycles. The summed E-state index contributed by atoms with van der Waals surface area (Å²) in [6.45, 7) is 4.19. The Morgan fingerprint density at radius 3 is 2.24 bits per heavy atom. The molecule has 0 atom stereocenters. The quantitative estimate of drug-likeness (QED) is 0.833. The second kappa shape index (κ2) is 8.29. The van der Waals surface area contributed by atoms with Crippen molar-refractivity contribution in [3.63, 3.8) is 0 Å². The van der Waals surface area contributed by atoms with Gasteiger partial charge in [0, 0.05) is 31.4 Å².